The van der Waals surface area contributed by atoms with E-state index in [4.69, 9.17) is 5.84 Å². The number of unbranched alkanes of at least 4 members (excludes halogenated alkanes) is 3. The molecule has 0 heterocycles. The summed E-state index contributed by atoms with van der Waals surface area (Å²) in [5.74, 6) is 4.42. The molecule has 1 aromatic carbocycles. The van der Waals surface area contributed by atoms with Crippen LogP contribution in [0.1, 0.15) is 77.7 Å². The summed E-state index contributed by atoms with van der Waals surface area (Å²) in [6.07, 6.45) is 7.70. The number of hydrogen-bond acceptors (Lipinski definition) is 3. The lowest BCUT2D eigenvalue weighted by molar-refractivity contribution is -0.107. The molecule has 0 fully saturated rings. The van der Waals surface area contributed by atoms with Crippen molar-refractivity contribution in [3.05, 3.63) is 58.7 Å². The average Bonchev–Trinajstić information content (AvgIpc) is 2.71. The maximum atomic E-state index is 14.4. The van der Waals surface area contributed by atoms with Crippen molar-refractivity contribution in [1.82, 2.24) is 5.43 Å². The van der Waals surface area contributed by atoms with Crippen molar-refractivity contribution in [3.63, 3.8) is 0 Å². The second-order valence-corrected chi connectivity index (χ2v) is 7.72. The van der Waals surface area contributed by atoms with Gasteiger partial charge in [-0.2, -0.15) is 0 Å². The molecule has 1 aromatic rings. The third-order valence-corrected chi connectivity index (χ3v) is 5.69. The SMILES string of the molecule is C=C(C)/C(Cc1cccc(F)c1F)=C(\CCCC)C(CC)(CCCCC=O)NN. The lowest BCUT2D eigenvalue weighted by Crippen LogP contribution is -2.51. The molecule has 0 spiro atoms. The number of carbonyl (C=O) groups is 1. The molecule has 0 aromatic heterocycles. The van der Waals surface area contributed by atoms with Crippen LogP contribution in [0.25, 0.3) is 0 Å². The number of carbonyl (C=O) groups excluding carboxylic acids is 1. The van der Waals surface area contributed by atoms with Gasteiger partial charge in [0.15, 0.2) is 11.6 Å². The van der Waals surface area contributed by atoms with Gasteiger partial charge in [0.25, 0.3) is 0 Å². The first-order chi connectivity index (χ1) is 13.9. The van der Waals surface area contributed by atoms with Crippen LogP contribution in [0.3, 0.4) is 0 Å². The zero-order chi connectivity index (χ0) is 21.9. The van der Waals surface area contributed by atoms with Gasteiger partial charge in [0, 0.05) is 12.8 Å². The first kappa shape index (κ1) is 25.2. The summed E-state index contributed by atoms with van der Waals surface area (Å²) in [6.45, 7) is 10.2. The molecule has 0 amide bonds. The number of hydrogen-bond donors (Lipinski definition) is 2. The molecule has 162 valence electrons. The highest BCUT2D eigenvalue weighted by Crippen LogP contribution is 2.36. The van der Waals surface area contributed by atoms with Gasteiger partial charge in [-0.25, -0.2) is 8.78 Å². The average molecular weight is 407 g/mol. The van der Waals surface area contributed by atoms with Crippen LogP contribution < -0.4 is 11.3 Å². The van der Waals surface area contributed by atoms with Crippen LogP contribution in [0.15, 0.2) is 41.5 Å². The van der Waals surface area contributed by atoms with Gasteiger partial charge >= 0.3 is 0 Å². The Bertz CT molecular complexity index is 709. The normalized spacial score (nSPS) is 14.3. The van der Waals surface area contributed by atoms with Crippen LogP contribution >= 0.6 is 0 Å². The van der Waals surface area contributed by atoms with Crippen molar-refractivity contribution in [2.75, 3.05) is 0 Å². The molecule has 0 aliphatic rings. The van der Waals surface area contributed by atoms with E-state index in [-0.39, 0.29) is 6.42 Å². The minimum Gasteiger partial charge on any atom is -0.303 e. The standard InChI is InChI=1S/C24H36F2N2O/c1-5-7-13-21(24(6-2,28-27)15-9-8-10-16-29)20(18(3)4)17-19-12-11-14-22(25)23(19)26/h11-12,14,16,28H,3,5-10,13,15,17,27H2,1-2,4H3/b21-20+. The van der Waals surface area contributed by atoms with Crippen LogP contribution in [0.4, 0.5) is 8.78 Å². The van der Waals surface area contributed by atoms with Gasteiger partial charge in [-0.05, 0) is 61.8 Å². The predicted molar refractivity (Wildman–Crippen MR) is 116 cm³/mol. The van der Waals surface area contributed by atoms with E-state index in [9.17, 15) is 13.6 Å². The third kappa shape index (κ3) is 6.86. The van der Waals surface area contributed by atoms with Crippen LogP contribution in [0.2, 0.25) is 0 Å². The smallest absolute Gasteiger partial charge is 0.162 e. The molecule has 0 aliphatic heterocycles. The molecular formula is C24H36F2N2O. The summed E-state index contributed by atoms with van der Waals surface area (Å²) in [7, 11) is 0. The van der Waals surface area contributed by atoms with Gasteiger partial charge < -0.3 is 4.79 Å². The Hall–Kier alpha value is -1.85. The van der Waals surface area contributed by atoms with Crippen molar-refractivity contribution in [1.29, 1.82) is 0 Å². The molecule has 0 radical (unpaired) electrons. The monoisotopic (exact) mass is 406 g/mol. The fourth-order valence-electron chi connectivity index (χ4n) is 3.88. The van der Waals surface area contributed by atoms with Crippen molar-refractivity contribution in [2.24, 2.45) is 5.84 Å². The van der Waals surface area contributed by atoms with Gasteiger partial charge in [-0.15, -0.1) is 0 Å². The van der Waals surface area contributed by atoms with Gasteiger partial charge in [0.05, 0.1) is 5.54 Å². The largest absolute Gasteiger partial charge is 0.303 e. The van der Waals surface area contributed by atoms with E-state index < -0.39 is 17.2 Å². The van der Waals surface area contributed by atoms with Gasteiger partial charge in [-0.1, -0.05) is 51.0 Å². The molecule has 0 bridgehead atoms. The summed E-state index contributed by atoms with van der Waals surface area (Å²) < 4.78 is 28.2. The van der Waals surface area contributed by atoms with E-state index in [1.54, 1.807) is 6.07 Å². The van der Waals surface area contributed by atoms with Gasteiger partial charge in [0.2, 0.25) is 0 Å². The maximum Gasteiger partial charge on any atom is 0.162 e. The molecular weight excluding hydrogens is 370 g/mol. The van der Waals surface area contributed by atoms with E-state index in [1.807, 2.05) is 6.92 Å². The Labute approximate surface area is 174 Å². The molecule has 1 unspecified atom stereocenters. The van der Waals surface area contributed by atoms with Gasteiger partial charge in [0.1, 0.15) is 6.29 Å². The Kier molecular flexibility index (Phi) is 11.0. The van der Waals surface area contributed by atoms with Crippen molar-refractivity contribution < 1.29 is 13.6 Å². The summed E-state index contributed by atoms with van der Waals surface area (Å²) >= 11 is 0. The Morgan fingerprint density at radius 2 is 1.97 bits per heavy atom. The maximum absolute atomic E-state index is 14.4. The Morgan fingerprint density at radius 3 is 2.52 bits per heavy atom. The number of rotatable bonds is 14. The molecule has 1 atom stereocenters. The highest BCUT2D eigenvalue weighted by atomic mass is 19.2. The van der Waals surface area contributed by atoms with Crippen LogP contribution in [0.5, 0.6) is 0 Å². The number of nitrogens with one attached hydrogen (secondary N) is 1. The molecule has 0 saturated carbocycles. The zero-order valence-electron chi connectivity index (χ0n) is 18.1. The van der Waals surface area contributed by atoms with E-state index in [1.165, 1.54) is 6.07 Å². The summed E-state index contributed by atoms with van der Waals surface area (Å²) in [6, 6.07) is 4.28. The first-order valence-electron chi connectivity index (χ1n) is 10.6. The number of benzene rings is 1. The molecule has 0 saturated heterocycles. The van der Waals surface area contributed by atoms with Crippen molar-refractivity contribution in [3.8, 4) is 0 Å². The van der Waals surface area contributed by atoms with Gasteiger partial charge in [-0.3, -0.25) is 11.3 Å². The second-order valence-electron chi connectivity index (χ2n) is 7.72. The highest BCUT2D eigenvalue weighted by molar-refractivity contribution is 5.49. The van der Waals surface area contributed by atoms with E-state index in [0.29, 0.717) is 12.0 Å². The Morgan fingerprint density at radius 1 is 1.24 bits per heavy atom. The molecule has 0 aliphatic carbocycles. The lowest BCUT2D eigenvalue weighted by atomic mass is 9.75. The third-order valence-electron chi connectivity index (χ3n) is 5.69. The topological polar surface area (TPSA) is 55.1 Å². The summed E-state index contributed by atoms with van der Waals surface area (Å²) in [4.78, 5) is 10.7. The molecule has 3 nitrogen and oxygen atoms in total. The number of aldehydes is 1. The molecule has 3 N–H and O–H groups in total. The quantitative estimate of drug-likeness (QED) is 0.132. The van der Waals surface area contributed by atoms with Crippen molar-refractivity contribution in [2.45, 2.75) is 84.1 Å². The molecule has 29 heavy (non-hydrogen) atoms. The number of nitrogens with two attached hydrogens (primary N) is 1. The fourth-order valence-corrected chi connectivity index (χ4v) is 3.88. The van der Waals surface area contributed by atoms with Crippen molar-refractivity contribution >= 4 is 6.29 Å². The fraction of sp³-hybridized carbons (Fsp3) is 0.542. The predicted octanol–water partition coefficient (Wildman–Crippen LogP) is 5.94. The minimum absolute atomic E-state index is 0.274. The minimum atomic E-state index is -0.841. The summed E-state index contributed by atoms with van der Waals surface area (Å²) in [5.41, 5.74) is 5.78. The van der Waals surface area contributed by atoms with Crippen LogP contribution in [0, 0.1) is 11.6 Å². The summed E-state index contributed by atoms with van der Waals surface area (Å²) in [5, 5.41) is 0. The van der Waals surface area contributed by atoms with Crippen LogP contribution in [-0.4, -0.2) is 11.8 Å². The second kappa shape index (κ2) is 12.7. The zero-order valence-corrected chi connectivity index (χ0v) is 18.1. The van der Waals surface area contributed by atoms with E-state index in [0.717, 1.165) is 74.0 Å². The van der Waals surface area contributed by atoms with E-state index >= 15 is 0 Å². The van der Waals surface area contributed by atoms with Crippen LogP contribution in [-0.2, 0) is 11.2 Å². The lowest BCUT2D eigenvalue weighted by Gasteiger charge is -2.38. The Balaban J connectivity index is 3.46. The molecule has 1 rings (SSSR count). The number of hydrazine groups is 1. The number of halogens is 2. The molecule has 5 heteroatoms. The number of allylic oxidation sites excluding steroid dienone is 2. The first-order valence-corrected chi connectivity index (χ1v) is 10.6. The van der Waals surface area contributed by atoms with E-state index in [2.05, 4.69) is 25.9 Å². The highest BCUT2D eigenvalue weighted by Gasteiger charge is 2.33.